The first-order chi connectivity index (χ1) is 8.72. The average molecular weight is 248 g/mol. The Hall–Kier alpha value is -1.71. The molecule has 0 radical (unpaired) electrons. The Balaban J connectivity index is 2.19. The Morgan fingerprint density at radius 3 is 2.83 bits per heavy atom. The molecule has 2 rings (SSSR count). The van der Waals surface area contributed by atoms with Gasteiger partial charge in [0.1, 0.15) is 5.69 Å². The molecule has 1 heterocycles. The van der Waals surface area contributed by atoms with Gasteiger partial charge >= 0.3 is 0 Å². The van der Waals surface area contributed by atoms with Crippen molar-refractivity contribution in [2.45, 2.75) is 31.7 Å². The van der Waals surface area contributed by atoms with E-state index in [0.29, 0.717) is 6.54 Å². The minimum absolute atomic E-state index is 0.170. The van der Waals surface area contributed by atoms with Gasteiger partial charge in [0.15, 0.2) is 0 Å². The van der Waals surface area contributed by atoms with Crippen LogP contribution in [0.4, 0.5) is 4.39 Å². The summed E-state index contributed by atoms with van der Waals surface area (Å²) >= 11 is 0. The topological polar surface area (TPSA) is 33.2 Å². The molecule has 0 unspecified atom stereocenters. The molecule has 0 atom stereocenters. The Bertz CT molecular complexity index is 441. The number of halogens is 1. The van der Waals surface area contributed by atoms with Gasteiger partial charge in [0, 0.05) is 12.6 Å². The monoisotopic (exact) mass is 248 g/mol. The van der Waals surface area contributed by atoms with Crippen molar-refractivity contribution in [3.05, 3.63) is 42.5 Å². The van der Waals surface area contributed by atoms with E-state index in [9.17, 15) is 9.18 Å². The lowest BCUT2D eigenvalue weighted by molar-refractivity contribution is 0.0699. The van der Waals surface area contributed by atoms with Gasteiger partial charge in [-0.1, -0.05) is 25.0 Å². The molecule has 1 aliphatic rings. The number of hydrogen-bond donors (Lipinski definition) is 0. The van der Waals surface area contributed by atoms with Crippen molar-refractivity contribution >= 4 is 5.91 Å². The molecule has 1 saturated carbocycles. The van der Waals surface area contributed by atoms with Gasteiger partial charge in [0.2, 0.25) is 5.95 Å². The van der Waals surface area contributed by atoms with Crippen molar-refractivity contribution < 1.29 is 9.18 Å². The summed E-state index contributed by atoms with van der Waals surface area (Å²) in [5.41, 5.74) is 0.170. The van der Waals surface area contributed by atoms with Crippen LogP contribution in [0.25, 0.3) is 0 Å². The third-order valence-electron chi connectivity index (χ3n) is 3.29. The maximum Gasteiger partial charge on any atom is 0.273 e. The molecule has 1 amide bonds. The molecule has 4 heteroatoms. The van der Waals surface area contributed by atoms with E-state index in [-0.39, 0.29) is 17.6 Å². The number of pyridine rings is 1. The fraction of sp³-hybridized carbons (Fsp3) is 0.429. The number of rotatable bonds is 4. The summed E-state index contributed by atoms with van der Waals surface area (Å²) < 4.78 is 13.1. The lowest BCUT2D eigenvalue weighted by atomic mass is 10.2. The largest absolute Gasteiger partial charge is 0.331 e. The minimum Gasteiger partial charge on any atom is -0.331 e. The van der Waals surface area contributed by atoms with Crippen molar-refractivity contribution in [1.29, 1.82) is 0 Å². The van der Waals surface area contributed by atoms with Crippen LogP contribution < -0.4 is 0 Å². The summed E-state index contributed by atoms with van der Waals surface area (Å²) in [7, 11) is 0. The highest BCUT2D eigenvalue weighted by Crippen LogP contribution is 2.24. The summed E-state index contributed by atoms with van der Waals surface area (Å²) in [5.74, 6) is -0.827. The van der Waals surface area contributed by atoms with Crippen molar-refractivity contribution in [3.63, 3.8) is 0 Å². The first-order valence-corrected chi connectivity index (χ1v) is 6.27. The van der Waals surface area contributed by atoms with E-state index in [1.165, 1.54) is 12.1 Å². The van der Waals surface area contributed by atoms with Crippen LogP contribution in [-0.2, 0) is 0 Å². The zero-order chi connectivity index (χ0) is 13.0. The Morgan fingerprint density at radius 1 is 1.50 bits per heavy atom. The van der Waals surface area contributed by atoms with E-state index in [1.807, 2.05) is 0 Å². The van der Waals surface area contributed by atoms with E-state index in [0.717, 1.165) is 25.7 Å². The molecule has 1 aromatic rings. The summed E-state index contributed by atoms with van der Waals surface area (Å²) in [5, 5.41) is 0. The molecule has 18 heavy (non-hydrogen) atoms. The van der Waals surface area contributed by atoms with Crippen LogP contribution >= 0.6 is 0 Å². The highest BCUT2D eigenvalue weighted by molar-refractivity contribution is 5.92. The fourth-order valence-corrected chi connectivity index (χ4v) is 2.43. The molecule has 1 aromatic heterocycles. The second-order valence-corrected chi connectivity index (χ2v) is 4.53. The van der Waals surface area contributed by atoms with Crippen molar-refractivity contribution in [2.75, 3.05) is 6.54 Å². The SMILES string of the molecule is C=CCN(C(=O)c1cccc(F)n1)C1CCCC1. The molecule has 96 valence electrons. The predicted molar refractivity (Wildman–Crippen MR) is 67.7 cm³/mol. The van der Waals surface area contributed by atoms with Crippen molar-refractivity contribution in [3.8, 4) is 0 Å². The third-order valence-corrected chi connectivity index (χ3v) is 3.29. The van der Waals surface area contributed by atoms with Crippen molar-refractivity contribution in [1.82, 2.24) is 9.88 Å². The van der Waals surface area contributed by atoms with Crippen LogP contribution in [0.15, 0.2) is 30.9 Å². The minimum atomic E-state index is -0.620. The first-order valence-electron chi connectivity index (χ1n) is 6.27. The number of carbonyl (C=O) groups excluding carboxylic acids is 1. The predicted octanol–water partition coefficient (Wildman–Crippen LogP) is 2.79. The second-order valence-electron chi connectivity index (χ2n) is 4.53. The first kappa shape index (κ1) is 12.7. The zero-order valence-corrected chi connectivity index (χ0v) is 10.3. The quantitative estimate of drug-likeness (QED) is 0.606. The molecule has 0 saturated heterocycles. The second kappa shape index (κ2) is 5.76. The molecular weight excluding hydrogens is 231 g/mol. The highest BCUT2D eigenvalue weighted by Gasteiger charge is 2.27. The highest BCUT2D eigenvalue weighted by atomic mass is 19.1. The van der Waals surface area contributed by atoms with Gasteiger partial charge in [-0.05, 0) is 25.0 Å². The van der Waals surface area contributed by atoms with E-state index in [4.69, 9.17) is 0 Å². The van der Waals surface area contributed by atoms with Gasteiger partial charge in [0.25, 0.3) is 5.91 Å². The smallest absolute Gasteiger partial charge is 0.273 e. The van der Waals surface area contributed by atoms with Gasteiger partial charge in [0.05, 0.1) is 0 Å². The van der Waals surface area contributed by atoms with Gasteiger partial charge in [-0.2, -0.15) is 4.39 Å². The Kier molecular flexibility index (Phi) is 4.07. The molecule has 0 bridgehead atoms. The zero-order valence-electron chi connectivity index (χ0n) is 10.3. The molecule has 3 nitrogen and oxygen atoms in total. The van der Waals surface area contributed by atoms with E-state index >= 15 is 0 Å². The fourth-order valence-electron chi connectivity index (χ4n) is 2.43. The molecule has 0 aliphatic heterocycles. The number of amides is 1. The standard InChI is InChI=1S/C14H17FN2O/c1-2-10-17(11-6-3-4-7-11)14(18)12-8-5-9-13(15)16-12/h2,5,8-9,11H,1,3-4,6-7,10H2. The van der Waals surface area contributed by atoms with Crippen LogP contribution in [0.1, 0.15) is 36.2 Å². The van der Waals surface area contributed by atoms with Crippen LogP contribution in [0, 0.1) is 5.95 Å². The van der Waals surface area contributed by atoms with Gasteiger partial charge in [-0.15, -0.1) is 6.58 Å². The third kappa shape index (κ3) is 2.75. The Labute approximate surface area is 106 Å². The maximum atomic E-state index is 13.1. The normalized spacial score (nSPS) is 15.6. The molecule has 0 N–H and O–H groups in total. The molecule has 0 aromatic carbocycles. The van der Waals surface area contributed by atoms with Crippen LogP contribution in [-0.4, -0.2) is 28.4 Å². The summed E-state index contributed by atoms with van der Waals surface area (Å²) in [6.07, 6.45) is 6.00. The Morgan fingerprint density at radius 2 is 2.22 bits per heavy atom. The maximum absolute atomic E-state index is 13.1. The lowest BCUT2D eigenvalue weighted by Gasteiger charge is -2.27. The number of aromatic nitrogens is 1. The summed E-state index contributed by atoms with van der Waals surface area (Å²) in [4.78, 5) is 17.7. The van der Waals surface area contributed by atoms with E-state index in [2.05, 4.69) is 11.6 Å². The van der Waals surface area contributed by atoms with Gasteiger partial charge in [-0.3, -0.25) is 4.79 Å². The number of nitrogens with zero attached hydrogens (tertiary/aromatic N) is 2. The average Bonchev–Trinajstić information content (AvgIpc) is 2.89. The number of carbonyl (C=O) groups is 1. The van der Waals surface area contributed by atoms with Gasteiger partial charge in [-0.25, -0.2) is 4.98 Å². The van der Waals surface area contributed by atoms with Crippen molar-refractivity contribution in [2.24, 2.45) is 0 Å². The molecule has 1 aliphatic carbocycles. The van der Waals surface area contributed by atoms with Crippen LogP contribution in [0.5, 0.6) is 0 Å². The summed E-state index contributed by atoms with van der Waals surface area (Å²) in [6.45, 7) is 4.16. The lowest BCUT2D eigenvalue weighted by Crippen LogP contribution is -2.39. The van der Waals surface area contributed by atoms with Gasteiger partial charge < -0.3 is 4.90 Å². The summed E-state index contributed by atoms with van der Waals surface area (Å²) in [6, 6.07) is 4.54. The van der Waals surface area contributed by atoms with E-state index in [1.54, 1.807) is 17.0 Å². The van der Waals surface area contributed by atoms with Crippen LogP contribution in [0.2, 0.25) is 0 Å². The molecular formula is C14H17FN2O. The number of hydrogen-bond acceptors (Lipinski definition) is 2. The molecule has 0 spiro atoms. The molecule has 1 fully saturated rings. The van der Waals surface area contributed by atoms with E-state index < -0.39 is 5.95 Å². The van der Waals surface area contributed by atoms with Crippen LogP contribution in [0.3, 0.4) is 0 Å².